The third-order valence-electron chi connectivity index (χ3n) is 4.80. The summed E-state index contributed by atoms with van der Waals surface area (Å²) in [6, 6.07) is 5.28. The van der Waals surface area contributed by atoms with Crippen LogP contribution in [-0.2, 0) is 21.3 Å². The van der Waals surface area contributed by atoms with Crippen molar-refractivity contribution in [3.8, 4) is 0 Å². The first-order valence-corrected chi connectivity index (χ1v) is 8.24. The highest BCUT2D eigenvalue weighted by atomic mass is 16.5. The van der Waals surface area contributed by atoms with Crippen molar-refractivity contribution in [3.63, 3.8) is 0 Å². The van der Waals surface area contributed by atoms with Gasteiger partial charge in [0.05, 0.1) is 48.9 Å². The number of nitrogens with one attached hydrogen (secondary N) is 1. The third-order valence-corrected chi connectivity index (χ3v) is 4.80. The van der Waals surface area contributed by atoms with Crippen molar-refractivity contribution in [1.29, 1.82) is 0 Å². The second-order valence-electron chi connectivity index (χ2n) is 6.51. The minimum Gasteiger partial charge on any atom is -0.465 e. The van der Waals surface area contributed by atoms with Gasteiger partial charge >= 0.3 is 5.97 Å². The van der Waals surface area contributed by atoms with Gasteiger partial charge in [-0.05, 0) is 18.2 Å². The number of benzene rings is 1. The van der Waals surface area contributed by atoms with E-state index in [2.05, 4.69) is 10.2 Å². The molecule has 0 radical (unpaired) electrons. The molecule has 2 bridgehead atoms. The van der Waals surface area contributed by atoms with Gasteiger partial charge in [-0.25, -0.2) is 9.78 Å². The molecule has 0 aliphatic carbocycles. The molecule has 2 fully saturated rings. The fourth-order valence-electron chi connectivity index (χ4n) is 3.51. The van der Waals surface area contributed by atoms with Crippen LogP contribution in [0, 0.1) is 5.92 Å². The highest BCUT2D eigenvalue weighted by Gasteiger charge is 2.34. The average molecular weight is 344 g/mol. The molecule has 132 valence electrons. The maximum atomic E-state index is 12.2. The molecule has 25 heavy (non-hydrogen) atoms. The van der Waals surface area contributed by atoms with E-state index in [-0.39, 0.29) is 23.8 Å². The van der Waals surface area contributed by atoms with Crippen LogP contribution in [-0.4, -0.2) is 60.9 Å². The number of hydrogen-bond donors (Lipinski definition) is 1. The molecule has 8 nitrogen and oxygen atoms in total. The van der Waals surface area contributed by atoms with E-state index in [1.54, 1.807) is 12.1 Å². The summed E-state index contributed by atoms with van der Waals surface area (Å²) in [4.78, 5) is 30.8. The Morgan fingerprint density at radius 1 is 1.36 bits per heavy atom. The third kappa shape index (κ3) is 2.72. The van der Waals surface area contributed by atoms with Gasteiger partial charge in [0.2, 0.25) is 11.9 Å². The highest BCUT2D eigenvalue weighted by molar-refractivity contribution is 5.94. The summed E-state index contributed by atoms with van der Waals surface area (Å²) in [6.45, 7) is 2.14. The first kappa shape index (κ1) is 15.9. The van der Waals surface area contributed by atoms with Crippen LogP contribution in [0.25, 0.3) is 11.0 Å². The summed E-state index contributed by atoms with van der Waals surface area (Å²) in [5.41, 5.74) is 2.12. The molecule has 1 aromatic carbocycles. The lowest BCUT2D eigenvalue weighted by Crippen LogP contribution is -2.42. The van der Waals surface area contributed by atoms with Crippen LogP contribution in [0.15, 0.2) is 18.2 Å². The van der Waals surface area contributed by atoms with Crippen molar-refractivity contribution in [2.75, 3.05) is 38.3 Å². The number of methoxy groups -OCH3 is 1. The number of hydrogen-bond acceptors (Lipinski definition) is 6. The summed E-state index contributed by atoms with van der Waals surface area (Å²) in [5.74, 6) is 0.227. The minimum absolute atomic E-state index is 0.0386. The molecule has 0 spiro atoms. The molecule has 2 aliphatic heterocycles. The highest BCUT2D eigenvalue weighted by Crippen LogP contribution is 2.25. The molecular weight excluding hydrogens is 324 g/mol. The molecule has 1 aromatic heterocycles. The summed E-state index contributed by atoms with van der Waals surface area (Å²) < 4.78 is 12.3. The molecule has 2 atom stereocenters. The normalized spacial score (nSPS) is 23.3. The number of aromatic nitrogens is 2. The van der Waals surface area contributed by atoms with E-state index < -0.39 is 0 Å². The molecule has 2 aliphatic rings. The van der Waals surface area contributed by atoms with Crippen LogP contribution in [0.4, 0.5) is 5.95 Å². The van der Waals surface area contributed by atoms with Crippen LogP contribution >= 0.6 is 0 Å². The van der Waals surface area contributed by atoms with Crippen LogP contribution in [0.3, 0.4) is 0 Å². The SMILES string of the molecule is COC(=O)c1ccc2c(c1)nc(N1C[C@H]3COC[C@@H](C1)C(=O)N3)n2C. The summed E-state index contributed by atoms with van der Waals surface area (Å²) in [5, 5.41) is 3.02. The maximum Gasteiger partial charge on any atom is 0.337 e. The lowest BCUT2D eigenvalue weighted by atomic mass is 10.1. The molecule has 1 amide bonds. The second-order valence-corrected chi connectivity index (χ2v) is 6.51. The van der Waals surface area contributed by atoms with Crippen molar-refractivity contribution in [2.24, 2.45) is 13.0 Å². The number of imidazole rings is 1. The molecule has 0 saturated carbocycles. The summed E-state index contributed by atoms with van der Waals surface area (Å²) in [7, 11) is 3.30. The lowest BCUT2D eigenvalue weighted by molar-refractivity contribution is -0.124. The molecule has 2 aromatic rings. The van der Waals surface area contributed by atoms with Crippen molar-refractivity contribution in [2.45, 2.75) is 6.04 Å². The van der Waals surface area contributed by atoms with Gasteiger partial charge in [0, 0.05) is 20.1 Å². The van der Waals surface area contributed by atoms with Gasteiger partial charge in [-0.15, -0.1) is 0 Å². The Morgan fingerprint density at radius 3 is 3.00 bits per heavy atom. The van der Waals surface area contributed by atoms with Crippen LogP contribution < -0.4 is 10.2 Å². The Balaban J connectivity index is 1.72. The minimum atomic E-state index is -0.384. The molecule has 8 heteroatoms. The van der Waals surface area contributed by atoms with Gasteiger partial charge in [0.1, 0.15) is 0 Å². The van der Waals surface area contributed by atoms with E-state index in [0.717, 1.165) is 17.0 Å². The Hall–Kier alpha value is -2.61. The molecule has 3 heterocycles. The summed E-state index contributed by atoms with van der Waals surface area (Å²) in [6.07, 6.45) is 0. The lowest BCUT2D eigenvalue weighted by Gasteiger charge is -2.28. The first-order chi connectivity index (χ1) is 12.1. The Bertz CT molecular complexity index is 847. The van der Waals surface area contributed by atoms with Crippen LogP contribution in [0.5, 0.6) is 0 Å². The number of ether oxygens (including phenoxy) is 2. The smallest absolute Gasteiger partial charge is 0.337 e. The van der Waals surface area contributed by atoms with Gasteiger partial charge in [-0.2, -0.15) is 0 Å². The fourth-order valence-corrected chi connectivity index (χ4v) is 3.51. The van der Waals surface area contributed by atoms with Crippen LogP contribution in [0.1, 0.15) is 10.4 Å². The van der Waals surface area contributed by atoms with E-state index in [0.29, 0.717) is 31.9 Å². The first-order valence-electron chi connectivity index (χ1n) is 8.24. The van der Waals surface area contributed by atoms with Crippen molar-refractivity contribution < 1.29 is 19.1 Å². The second kappa shape index (κ2) is 6.03. The van der Waals surface area contributed by atoms with Crippen LogP contribution in [0.2, 0.25) is 0 Å². The van der Waals surface area contributed by atoms with E-state index in [1.165, 1.54) is 7.11 Å². The number of aryl methyl sites for hydroxylation is 1. The Morgan fingerprint density at radius 2 is 2.20 bits per heavy atom. The Labute approximate surface area is 144 Å². The zero-order chi connectivity index (χ0) is 17.6. The number of carbonyl (C=O) groups excluding carboxylic acids is 2. The van der Waals surface area contributed by atoms with E-state index in [1.807, 2.05) is 17.7 Å². The number of fused-ring (bicyclic) bond motifs is 4. The molecular formula is C17H20N4O4. The number of anilines is 1. The summed E-state index contributed by atoms with van der Waals surface area (Å²) >= 11 is 0. The quantitative estimate of drug-likeness (QED) is 0.790. The number of nitrogens with zero attached hydrogens (tertiary/aromatic N) is 3. The zero-order valence-corrected chi connectivity index (χ0v) is 14.2. The number of esters is 1. The van der Waals surface area contributed by atoms with Crippen molar-refractivity contribution in [3.05, 3.63) is 23.8 Å². The van der Waals surface area contributed by atoms with Crippen molar-refractivity contribution in [1.82, 2.24) is 14.9 Å². The number of rotatable bonds is 2. The number of carbonyl (C=O) groups is 2. The van der Waals surface area contributed by atoms with Gasteiger partial charge < -0.3 is 24.3 Å². The fraction of sp³-hybridized carbons (Fsp3) is 0.471. The Kier molecular flexibility index (Phi) is 3.84. The van der Waals surface area contributed by atoms with Crippen molar-refractivity contribution >= 4 is 28.9 Å². The molecule has 4 rings (SSSR count). The maximum absolute atomic E-state index is 12.2. The molecule has 2 saturated heterocycles. The molecule has 0 unspecified atom stereocenters. The van der Waals surface area contributed by atoms with E-state index in [4.69, 9.17) is 14.5 Å². The number of amides is 1. The largest absolute Gasteiger partial charge is 0.465 e. The zero-order valence-electron chi connectivity index (χ0n) is 14.2. The van der Waals surface area contributed by atoms with Gasteiger partial charge in [0.15, 0.2) is 0 Å². The van der Waals surface area contributed by atoms with Gasteiger partial charge in [0.25, 0.3) is 0 Å². The van der Waals surface area contributed by atoms with Gasteiger partial charge in [-0.1, -0.05) is 0 Å². The monoisotopic (exact) mass is 344 g/mol. The molecule has 1 N–H and O–H groups in total. The van der Waals surface area contributed by atoms with E-state index in [9.17, 15) is 9.59 Å². The van der Waals surface area contributed by atoms with Gasteiger partial charge in [-0.3, -0.25) is 4.79 Å². The predicted octanol–water partition coefficient (Wildman–Crippen LogP) is 0.311. The average Bonchev–Trinajstić information content (AvgIpc) is 2.71. The predicted molar refractivity (Wildman–Crippen MR) is 90.5 cm³/mol. The van der Waals surface area contributed by atoms with E-state index >= 15 is 0 Å². The topological polar surface area (TPSA) is 85.7 Å². The standard InChI is InChI=1S/C17H20N4O4/c1-20-14-4-3-10(16(23)24-2)5-13(14)19-17(20)21-6-11-8-25-9-12(7-21)18-15(11)22/h3-5,11-12H,6-9H2,1-2H3,(H,18,22)/t11-,12+/m1/s1.